The van der Waals surface area contributed by atoms with E-state index in [1.807, 2.05) is 24.3 Å². The normalized spacial score (nSPS) is 21.5. The van der Waals surface area contributed by atoms with E-state index in [2.05, 4.69) is 15.3 Å². The lowest BCUT2D eigenvalue weighted by atomic mass is 9.99. The molecule has 1 aromatic heterocycles. The third-order valence-electron chi connectivity index (χ3n) is 6.31. The number of hydrogen-bond donors (Lipinski definition) is 1. The summed E-state index contributed by atoms with van der Waals surface area (Å²) in [4.78, 5) is 15.5. The molecule has 1 saturated carbocycles. The van der Waals surface area contributed by atoms with E-state index in [1.54, 1.807) is 24.2 Å². The highest BCUT2D eigenvalue weighted by Crippen LogP contribution is 2.25. The number of likely N-dealkylation sites (tertiary alicyclic amines) is 1. The van der Waals surface area contributed by atoms with Crippen molar-refractivity contribution in [2.24, 2.45) is 0 Å². The third-order valence-corrected chi connectivity index (χ3v) is 6.31. The first-order valence-electron chi connectivity index (χ1n) is 11.0. The third kappa shape index (κ3) is 4.81. The number of piperidine rings is 1. The van der Waals surface area contributed by atoms with Crippen LogP contribution < -0.4 is 10.1 Å². The fraction of sp³-hybridized carbons (Fsp3) is 0.565. The molecule has 1 aliphatic carbocycles. The number of carbonyl (C=O) groups excluding carboxylic acids is 1. The second kappa shape index (κ2) is 9.44. The summed E-state index contributed by atoms with van der Waals surface area (Å²) in [6.45, 7) is 2.14. The number of amides is 1. The van der Waals surface area contributed by atoms with Crippen LogP contribution in [0.3, 0.4) is 0 Å². The summed E-state index contributed by atoms with van der Waals surface area (Å²) < 4.78 is 7.10. The van der Waals surface area contributed by atoms with Gasteiger partial charge in [0, 0.05) is 24.8 Å². The molecule has 4 rings (SSSR count). The summed E-state index contributed by atoms with van der Waals surface area (Å²) in [5, 5.41) is 7.62. The van der Waals surface area contributed by atoms with Crippen LogP contribution >= 0.6 is 0 Å². The van der Waals surface area contributed by atoms with Crippen molar-refractivity contribution in [2.45, 2.75) is 63.5 Å². The molecule has 156 valence electrons. The van der Waals surface area contributed by atoms with Gasteiger partial charge in [0.05, 0.1) is 18.9 Å². The maximum Gasteiger partial charge on any atom is 0.254 e. The molecule has 29 heavy (non-hydrogen) atoms. The molecular formula is C23H32N4O2. The Morgan fingerprint density at radius 2 is 1.90 bits per heavy atom. The Morgan fingerprint density at radius 3 is 2.69 bits per heavy atom. The minimum Gasteiger partial charge on any atom is -0.494 e. The zero-order chi connectivity index (χ0) is 20.1. The average Bonchev–Trinajstić information content (AvgIpc) is 3.09. The Balaban J connectivity index is 1.38. The quantitative estimate of drug-likeness (QED) is 0.781. The molecule has 0 radical (unpaired) electrons. The van der Waals surface area contributed by atoms with Crippen LogP contribution in [-0.4, -0.2) is 52.9 Å². The number of ether oxygens (including phenoxy) is 1. The second-order valence-corrected chi connectivity index (χ2v) is 8.30. The summed E-state index contributed by atoms with van der Waals surface area (Å²) >= 11 is 0. The molecule has 0 unspecified atom stereocenters. The van der Waals surface area contributed by atoms with Crippen LogP contribution in [0.15, 0.2) is 36.7 Å². The van der Waals surface area contributed by atoms with Crippen molar-refractivity contribution in [3.05, 3.63) is 42.2 Å². The van der Waals surface area contributed by atoms with Gasteiger partial charge in [0.25, 0.3) is 5.91 Å². The first-order valence-corrected chi connectivity index (χ1v) is 11.0. The zero-order valence-electron chi connectivity index (χ0n) is 17.3. The molecular weight excluding hydrogens is 364 g/mol. The largest absolute Gasteiger partial charge is 0.494 e. The predicted octanol–water partition coefficient (Wildman–Crippen LogP) is 3.80. The summed E-state index contributed by atoms with van der Waals surface area (Å²) in [6, 6.07) is 8.59. The van der Waals surface area contributed by atoms with Crippen molar-refractivity contribution < 1.29 is 9.53 Å². The van der Waals surface area contributed by atoms with Crippen LogP contribution in [0.5, 0.6) is 5.75 Å². The minimum absolute atomic E-state index is 0.0427. The van der Waals surface area contributed by atoms with Crippen molar-refractivity contribution in [3.63, 3.8) is 0 Å². The molecule has 1 aliphatic heterocycles. The number of methoxy groups -OCH3 is 1. The minimum atomic E-state index is -0.0427. The Labute approximate surface area is 173 Å². The van der Waals surface area contributed by atoms with Crippen molar-refractivity contribution in [3.8, 4) is 11.4 Å². The molecule has 2 aromatic rings. The molecule has 2 heterocycles. The summed E-state index contributed by atoms with van der Waals surface area (Å²) in [6.07, 6.45) is 13.7. The topological polar surface area (TPSA) is 59.4 Å². The van der Waals surface area contributed by atoms with Crippen LogP contribution in [0.2, 0.25) is 0 Å². The van der Waals surface area contributed by atoms with Crippen LogP contribution in [-0.2, 0) is 0 Å². The van der Waals surface area contributed by atoms with Crippen molar-refractivity contribution >= 4 is 5.91 Å². The smallest absolute Gasteiger partial charge is 0.254 e. The number of nitrogens with zero attached hydrogens (tertiary/aromatic N) is 3. The molecule has 1 N–H and O–H groups in total. The molecule has 6 nitrogen and oxygen atoms in total. The Morgan fingerprint density at radius 1 is 1.10 bits per heavy atom. The molecule has 6 heteroatoms. The zero-order valence-corrected chi connectivity index (χ0v) is 17.3. The van der Waals surface area contributed by atoms with Crippen LogP contribution in [0.25, 0.3) is 5.69 Å². The highest BCUT2D eigenvalue weighted by molar-refractivity contribution is 5.94. The standard InChI is InChI=1S/C23H32N4O2/c1-29-22-13-7-6-12-21(22)27-16-18(15-24-27)23(28)25-19-9-8-14-26(17-19)20-10-4-2-3-5-11-20/h6-7,12-13,15-16,19-20H,2-5,8-11,14,17H2,1H3,(H,25,28)/t19-/m1/s1. The molecule has 2 fully saturated rings. The van der Waals surface area contributed by atoms with E-state index in [4.69, 9.17) is 4.74 Å². The second-order valence-electron chi connectivity index (χ2n) is 8.30. The molecule has 1 aromatic carbocycles. The van der Waals surface area contributed by atoms with Gasteiger partial charge in [-0.3, -0.25) is 9.69 Å². The maximum atomic E-state index is 12.8. The highest BCUT2D eigenvalue weighted by Gasteiger charge is 2.27. The Bertz CT molecular complexity index is 811. The number of hydrogen-bond acceptors (Lipinski definition) is 4. The number of rotatable bonds is 5. The van der Waals surface area contributed by atoms with Gasteiger partial charge in [-0.05, 0) is 44.4 Å². The van der Waals surface area contributed by atoms with Gasteiger partial charge in [-0.25, -0.2) is 4.68 Å². The Hall–Kier alpha value is -2.34. The van der Waals surface area contributed by atoms with Gasteiger partial charge in [0.15, 0.2) is 0 Å². The van der Waals surface area contributed by atoms with Crippen LogP contribution in [0.1, 0.15) is 61.7 Å². The number of para-hydroxylation sites is 2. The van der Waals surface area contributed by atoms with Gasteiger partial charge in [0.2, 0.25) is 0 Å². The van der Waals surface area contributed by atoms with E-state index < -0.39 is 0 Å². The SMILES string of the molecule is COc1ccccc1-n1cc(C(=O)N[C@@H]2CCCN(C3CCCCCC3)C2)cn1. The Kier molecular flexibility index (Phi) is 6.49. The van der Waals surface area contributed by atoms with E-state index >= 15 is 0 Å². The highest BCUT2D eigenvalue weighted by atomic mass is 16.5. The van der Waals surface area contributed by atoms with E-state index in [-0.39, 0.29) is 11.9 Å². The molecule has 1 atom stereocenters. The fourth-order valence-corrected chi connectivity index (χ4v) is 4.74. The van der Waals surface area contributed by atoms with E-state index in [0.717, 1.165) is 30.8 Å². The van der Waals surface area contributed by atoms with Crippen LogP contribution in [0, 0.1) is 0 Å². The fourth-order valence-electron chi connectivity index (χ4n) is 4.74. The van der Waals surface area contributed by atoms with Crippen molar-refractivity contribution in [1.82, 2.24) is 20.0 Å². The lowest BCUT2D eigenvalue weighted by Gasteiger charge is -2.38. The van der Waals surface area contributed by atoms with E-state index in [1.165, 1.54) is 45.1 Å². The molecule has 1 amide bonds. The first-order chi connectivity index (χ1) is 14.2. The van der Waals surface area contributed by atoms with E-state index in [9.17, 15) is 4.79 Å². The van der Waals surface area contributed by atoms with Gasteiger partial charge >= 0.3 is 0 Å². The molecule has 0 bridgehead atoms. The van der Waals surface area contributed by atoms with E-state index in [0.29, 0.717) is 11.6 Å². The number of aromatic nitrogens is 2. The van der Waals surface area contributed by atoms with Gasteiger partial charge in [-0.15, -0.1) is 0 Å². The number of carbonyl (C=O) groups is 1. The lowest BCUT2D eigenvalue weighted by molar-refractivity contribution is 0.0860. The molecule has 0 spiro atoms. The van der Waals surface area contributed by atoms with Crippen LogP contribution in [0.4, 0.5) is 0 Å². The first kappa shape index (κ1) is 20.0. The lowest BCUT2D eigenvalue weighted by Crippen LogP contribution is -2.50. The number of nitrogens with one attached hydrogen (secondary N) is 1. The van der Waals surface area contributed by atoms with Gasteiger partial charge < -0.3 is 10.1 Å². The average molecular weight is 397 g/mol. The number of benzene rings is 1. The van der Waals surface area contributed by atoms with Gasteiger partial charge in [-0.1, -0.05) is 37.8 Å². The maximum absolute atomic E-state index is 12.8. The monoisotopic (exact) mass is 396 g/mol. The predicted molar refractivity (Wildman–Crippen MR) is 114 cm³/mol. The van der Waals surface area contributed by atoms with Gasteiger partial charge in [0.1, 0.15) is 11.4 Å². The molecule has 1 saturated heterocycles. The summed E-state index contributed by atoms with van der Waals surface area (Å²) in [5.74, 6) is 0.688. The molecule has 2 aliphatic rings. The van der Waals surface area contributed by atoms with Crippen molar-refractivity contribution in [1.29, 1.82) is 0 Å². The summed E-state index contributed by atoms with van der Waals surface area (Å²) in [7, 11) is 1.64. The van der Waals surface area contributed by atoms with Crippen molar-refractivity contribution in [2.75, 3.05) is 20.2 Å². The summed E-state index contributed by atoms with van der Waals surface area (Å²) in [5.41, 5.74) is 1.41. The van der Waals surface area contributed by atoms with Gasteiger partial charge in [-0.2, -0.15) is 5.10 Å².